The van der Waals surface area contributed by atoms with E-state index in [0.29, 0.717) is 12.1 Å². The second-order valence-corrected chi connectivity index (χ2v) is 6.77. The van der Waals surface area contributed by atoms with E-state index in [9.17, 15) is 9.59 Å². The molecular weight excluding hydrogens is 330 g/mol. The highest BCUT2D eigenvalue weighted by molar-refractivity contribution is 5.77. The van der Waals surface area contributed by atoms with Crippen LogP contribution >= 0.6 is 0 Å². The lowest BCUT2D eigenvalue weighted by Crippen LogP contribution is -2.35. The lowest BCUT2D eigenvalue weighted by atomic mass is 10.0. The van der Waals surface area contributed by atoms with Crippen molar-refractivity contribution in [1.29, 1.82) is 0 Å². The molecule has 0 unspecified atom stereocenters. The molecule has 0 atom stereocenters. The minimum atomic E-state index is -0.413. The Kier molecular flexibility index (Phi) is 9.30. The second kappa shape index (κ2) is 11.2. The monoisotopic (exact) mass is 359 g/mol. The summed E-state index contributed by atoms with van der Waals surface area (Å²) in [5, 5.41) is 5.53. The number of pyridine rings is 1. The summed E-state index contributed by atoms with van der Waals surface area (Å²) in [4.78, 5) is 25.6. The van der Waals surface area contributed by atoms with Crippen molar-refractivity contribution in [2.45, 2.75) is 39.2 Å². The Morgan fingerprint density at radius 2 is 2.04 bits per heavy atom. The Labute approximate surface area is 155 Å². The van der Waals surface area contributed by atoms with E-state index in [4.69, 9.17) is 4.74 Å². The van der Waals surface area contributed by atoms with Crippen LogP contribution in [0, 0.1) is 0 Å². The van der Waals surface area contributed by atoms with Crippen LogP contribution in [-0.2, 0) is 4.74 Å². The van der Waals surface area contributed by atoms with Gasteiger partial charge in [0.05, 0.1) is 5.69 Å². The normalized spacial score (nSPS) is 13.2. The van der Waals surface area contributed by atoms with E-state index in [2.05, 4.69) is 33.8 Å². The molecule has 6 nitrogen and oxygen atoms in total. The van der Waals surface area contributed by atoms with Crippen LogP contribution in [0.1, 0.15) is 49.7 Å². The number of amides is 1. The number of aldehydes is 1. The zero-order valence-electron chi connectivity index (χ0n) is 16.0. The Balaban J connectivity index is 0.000000265. The number of nitrogens with zero attached hydrogens (tertiary/aromatic N) is 1. The standard InChI is InChI=1S/C12H11NO.C8H18N2O2/c14-9-10-6-7-12(13-8-10)11-4-2-1-3-5-11;1-8(2,3)12-7(11)10-6-5-9-4/h2,4-9H,1,3H2;9H,5-6H2,1-4H3,(H,10,11). The first-order chi connectivity index (χ1) is 12.4. The molecule has 2 N–H and O–H groups in total. The molecule has 1 aromatic rings. The molecule has 26 heavy (non-hydrogen) atoms. The van der Waals surface area contributed by atoms with Gasteiger partial charge in [-0.1, -0.05) is 18.2 Å². The number of nitrogens with one attached hydrogen (secondary N) is 2. The summed E-state index contributed by atoms with van der Waals surface area (Å²) < 4.78 is 5.01. The maximum Gasteiger partial charge on any atom is 0.407 e. The topological polar surface area (TPSA) is 80.3 Å². The summed E-state index contributed by atoms with van der Waals surface area (Å²) in [6.07, 6.45) is 10.6. The third-order valence-corrected chi connectivity index (χ3v) is 3.26. The van der Waals surface area contributed by atoms with Gasteiger partial charge in [0.1, 0.15) is 5.60 Å². The van der Waals surface area contributed by atoms with Crippen molar-refractivity contribution in [2.24, 2.45) is 0 Å². The average molecular weight is 359 g/mol. The van der Waals surface area contributed by atoms with Gasteiger partial charge in [-0.05, 0) is 58.4 Å². The first-order valence-electron chi connectivity index (χ1n) is 8.75. The molecule has 142 valence electrons. The number of hydrogen-bond donors (Lipinski definition) is 2. The highest BCUT2D eigenvalue weighted by atomic mass is 16.6. The molecule has 0 fully saturated rings. The fourth-order valence-electron chi connectivity index (χ4n) is 2.05. The lowest BCUT2D eigenvalue weighted by molar-refractivity contribution is 0.0528. The number of ether oxygens (including phenoxy) is 1. The van der Waals surface area contributed by atoms with Crippen LogP contribution in [0.15, 0.2) is 36.6 Å². The maximum atomic E-state index is 11.0. The summed E-state index contributed by atoms with van der Waals surface area (Å²) in [5.41, 5.74) is 2.29. The summed E-state index contributed by atoms with van der Waals surface area (Å²) in [5.74, 6) is 0. The van der Waals surface area contributed by atoms with Crippen LogP contribution in [-0.4, -0.2) is 43.1 Å². The number of aromatic nitrogens is 1. The van der Waals surface area contributed by atoms with Gasteiger partial charge in [-0.15, -0.1) is 0 Å². The highest BCUT2D eigenvalue weighted by Gasteiger charge is 2.15. The molecule has 0 aliphatic heterocycles. The lowest BCUT2D eigenvalue weighted by Gasteiger charge is -2.19. The molecule has 1 aliphatic carbocycles. The molecule has 0 radical (unpaired) electrons. The van der Waals surface area contributed by atoms with Gasteiger partial charge in [0.15, 0.2) is 6.29 Å². The van der Waals surface area contributed by atoms with E-state index >= 15 is 0 Å². The molecule has 1 aliphatic rings. The van der Waals surface area contributed by atoms with Crippen molar-refractivity contribution in [3.63, 3.8) is 0 Å². The van der Waals surface area contributed by atoms with Crippen LogP contribution in [0.3, 0.4) is 0 Å². The Hall–Kier alpha value is -2.47. The van der Waals surface area contributed by atoms with E-state index in [1.54, 1.807) is 12.3 Å². The first-order valence-corrected chi connectivity index (χ1v) is 8.75. The largest absolute Gasteiger partial charge is 0.444 e. The molecule has 0 saturated heterocycles. The van der Waals surface area contributed by atoms with Gasteiger partial charge in [-0.25, -0.2) is 4.79 Å². The van der Waals surface area contributed by atoms with Gasteiger partial charge >= 0.3 is 6.09 Å². The molecule has 1 aromatic heterocycles. The SMILES string of the molecule is CNCCNC(=O)OC(C)(C)C.O=Cc1ccc(C2=CCCC=C2)nc1. The molecule has 0 saturated carbocycles. The number of carbonyl (C=O) groups is 2. The minimum absolute atomic E-state index is 0.363. The summed E-state index contributed by atoms with van der Waals surface area (Å²) >= 11 is 0. The number of likely N-dealkylation sites (N-methyl/N-ethyl adjacent to an activating group) is 1. The molecule has 2 rings (SSSR count). The quantitative estimate of drug-likeness (QED) is 0.622. The average Bonchev–Trinajstić information content (AvgIpc) is 2.62. The smallest absolute Gasteiger partial charge is 0.407 e. The van der Waals surface area contributed by atoms with Crippen molar-refractivity contribution in [1.82, 2.24) is 15.6 Å². The van der Waals surface area contributed by atoms with Crippen molar-refractivity contribution >= 4 is 18.0 Å². The predicted octanol–water partition coefficient (Wildman–Crippen LogP) is 3.36. The van der Waals surface area contributed by atoms with Crippen LogP contribution in [0.2, 0.25) is 0 Å². The van der Waals surface area contributed by atoms with E-state index in [-0.39, 0.29) is 6.09 Å². The number of alkyl carbamates (subject to hydrolysis) is 1. The number of carbonyl (C=O) groups excluding carboxylic acids is 2. The van der Waals surface area contributed by atoms with Gasteiger partial charge in [-0.2, -0.15) is 0 Å². The molecule has 0 aromatic carbocycles. The van der Waals surface area contributed by atoms with Gasteiger partial charge in [0, 0.05) is 24.8 Å². The number of hydrogen-bond acceptors (Lipinski definition) is 5. The molecule has 1 amide bonds. The minimum Gasteiger partial charge on any atom is -0.444 e. The van der Waals surface area contributed by atoms with Crippen molar-refractivity contribution in [3.05, 3.63) is 47.8 Å². The predicted molar refractivity (Wildman–Crippen MR) is 104 cm³/mol. The van der Waals surface area contributed by atoms with Crippen LogP contribution in [0.4, 0.5) is 4.79 Å². The third kappa shape index (κ3) is 9.13. The van der Waals surface area contributed by atoms with Gasteiger partial charge in [-0.3, -0.25) is 9.78 Å². The molecular formula is C20H29N3O3. The fourth-order valence-corrected chi connectivity index (χ4v) is 2.05. The molecule has 0 bridgehead atoms. The molecule has 1 heterocycles. The van der Waals surface area contributed by atoms with E-state index in [0.717, 1.165) is 36.9 Å². The zero-order chi connectivity index (χ0) is 19.4. The number of rotatable bonds is 5. The fraction of sp³-hybridized carbons (Fsp3) is 0.450. The van der Waals surface area contributed by atoms with E-state index < -0.39 is 5.60 Å². The van der Waals surface area contributed by atoms with Crippen molar-refractivity contribution in [3.8, 4) is 0 Å². The van der Waals surface area contributed by atoms with Crippen LogP contribution < -0.4 is 10.6 Å². The second-order valence-electron chi connectivity index (χ2n) is 6.77. The Morgan fingerprint density at radius 3 is 2.54 bits per heavy atom. The van der Waals surface area contributed by atoms with E-state index in [1.165, 1.54) is 0 Å². The van der Waals surface area contributed by atoms with Gasteiger partial charge < -0.3 is 15.4 Å². The summed E-state index contributed by atoms with van der Waals surface area (Å²) in [6, 6.07) is 3.67. The van der Waals surface area contributed by atoms with Crippen LogP contribution in [0.5, 0.6) is 0 Å². The van der Waals surface area contributed by atoms with Crippen molar-refractivity contribution < 1.29 is 14.3 Å². The maximum absolute atomic E-state index is 11.0. The van der Waals surface area contributed by atoms with E-state index in [1.807, 2.05) is 33.9 Å². The summed E-state index contributed by atoms with van der Waals surface area (Å²) in [6.45, 7) is 6.85. The molecule has 0 spiro atoms. The Bertz CT molecular complexity index is 629. The van der Waals surface area contributed by atoms with Crippen molar-refractivity contribution in [2.75, 3.05) is 20.1 Å². The first kappa shape index (κ1) is 21.6. The Morgan fingerprint density at radius 1 is 1.27 bits per heavy atom. The number of allylic oxidation sites excluding steroid dienone is 4. The summed E-state index contributed by atoms with van der Waals surface area (Å²) in [7, 11) is 1.83. The van der Waals surface area contributed by atoms with Gasteiger partial charge in [0.2, 0.25) is 0 Å². The van der Waals surface area contributed by atoms with Crippen LogP contribution in [0.25, 0.3) is 5.57 Å². The molecule has 6 heteroatoms. The van der Waals surface area contributed by atoms with Gasteiger partial charge in [0.25, 0.3) is 0 Å². The highest BCUT2D eigenvalue weighted by Crippen LogP contribution is 2.19. The zero-order valence-corrected chi connectivity index (χ0v) is 16.0. The third-order valence-electron chi connectivity index (χ3n) is 3.26.